The predicted octanol–water partition coefficient (Wildman–Crippen LogP) is 5.95. The van der Waals surface area contributed by atoms with Gasteiger partial charge in [0, 0.05) is 29.1 Å². The summed E-state index contributed by atoms with van der Waals surface area (Å²) >= 11 is 0. The maximum atomic E-state index is 13.8. The number of esters is 1. The fraction of sp³-hybridized carbons (Fsp3) is 0.364. The lowest BCUT2D eigenvalue weighted by Crippen LogP contribution is -2.58. The van der Waals surface area contributed by atoms with Crippen molar-refractivity contribution in [1.82, 2.24) is 4.57 Å². The van der Waals surface area contributed by atoms with Crippen LogP contribution in [-0.4, -0.2) is 35.5 Å². The molecular weight excluding hydrogens is 485 g/mol. The molecule has 6 heteroatoms. The van der Waals surface area contributed by atoms with Crippen LogP contribution < -0.4 is 0 Å². The Bertz CT molecular complexity index is 1540. The minimum Gasteiger partial charge on any atom is -0.465 e. The monoisotopic (exact) mass is 519 g/mol. The summed E-state index contributed by atoms with van der Waals surface area (Å²) in [6.07, 6.45) is 0.765. The Morgan fingerprint density at radius 2 is 1.46 bits per heavy atom. The standard InChI is InChI=1S/C33H34BNO4/c1-31(2)32(3,4)39-34(38-31)33(24-15-9-6-10-16-24)28-23(21-37-30(28)36)19-27-29(33)25-17-11-12-18-26(25)35(27)20-22-13-7-5-8-14-22/h5-18,23,28H,19-21H2,1-4H3/t23-,28+,33-/m1/s1. The number of ether oxygens (including phenoxy) is 1. The van der Waals surface area contributed by atoms with Crippen LogP contribution in [0.2, 0.25) is 0 Å². The first-order chi connectivity index (χ1) is 18.7. The van der Waals surface area contributed by atoms with Crippen LogP contribution in [0, 0.1) is 11.8 Å². The zero-order valence-corrected chi connectivity index (χ0v) is 23.0. The molecule has 0 spiro atoms. The van der Waals surface area contributed by atoms with E-state index >= 15 is 0 Å². The van der Waals surface area contributed by atoms with Crippen molar-refractivity contribution in [3.8, 4) is 0 Å². The fourth-order valence-electron chi connectivity index (χ4n) is 7.15. The highest BCUT2D eigenvalue weighted by Gasteiger charge is 2.70. The topological polar surface area (TPSA) is 49.7 Å². The second-order valence-electron chi connectivity index (χ2n) is 12.3. The largest absolute Gasteiger partial charge is 0.474 e. The molecule has 0 amide bonds. The van der Waals surface area contributed by atoms with Crippen LogP contribution >= 0.6 is 0 Å². The normalized spacial score (nSPS) is 26.9. The molecule has 3 aliphatic rings. The van der Waals surface area contributed by atoms with Crippen molar-refractivity contribution in [2.75, 3.05) is 6.61 Å². The molecule has 2 aliphatic heterocycles. The molecule has 4 aromatic rings. The number of cyclic esters (lactones) is 1. The van der Waals surface area contributed by atoms with E-state index in [9.17, 15) is 4.79 Å². The van der Waals surface area contributed by atoms with Crippen molar-refractivity contribution in [2.45, 2.75) is 57.2 Å². The van der Waals surface area contributed by atoms with Crippen LogP contribution in [0.1, 0.15) is 50.1 Å². The van der Waals surface area contributed by atoms with E-state index < -0.39 is 29.6 Å². The summed E-state index contributed by atoms with van der Waals surface area (Å²) in [4.78, 5) is 13.8. The molecule has 2 saturated heterocycles. The zero-order chi connectivity index (χ0) is 27.0. The molecule has 39 heavy (non-hydrogen) atoms. The average molecular weight is 519 g/mol. The molecule has 198 valence electrons. The number of para-hydroxylation sites is 1. The van der Waals surface area contributed by atoms with Gasteiger partial charge in [-0.2, -0.15) is 0 Å². The minimum absolute atomic E-state index is 0.0167. The highest BCUT2D eigenvalue weighted by molar-refractivity contribution is 6.52. The van der Waals surface area contributed by atoms with Gasteiger partial charge in [0.2, 0.25) is 0 Å². The van der Waals surface area contributed by atoms with E-state index in [1.165, 1.54) is 11.3 Å². The lowest BCUT2D eigenvalue weighted by atomic mass is 9.41. The maximum absolute atomic E-state index is 13.8. The van der Waals surface area contributed by atoms with Crippen molar-refractivity contribution in [3.05, 3.63) is 107 Å². The predicted molar refractivity (Wildman–Crippen MR) is 152 cm³/mol. The van der Waals surface area contributed by atoms with Gasteiger partial charge in [-0.1, -0.05) is 78.9 Å². The molecule has 1 aliphatic carbocycles. The fourth-order valence-corrected chi connectivity index (χ4v) is 7.15. The Labute approximate surface area is 230 Å². The number of fused-ring (bicyclic) bond motifs is 4. The molecule has 3 atom stereocenters. The number of rotatable bonds is 4. The number of nitrogens with zero attached hydrogens (tertiary/aromatic N) is 1. The van der Waals surface area contributed by atoms with Crippen LogP contribution in [0.3, 0.4) is 0 Å². The zero-order valence-electron chi connectivity index (χ0n) is 23.0. The van der Waals surface area contributed by atoms with Crippen molar-refractivity contribution in [1.29, 1.82) is 0 Å². The molecule has 0 radical (unpaired) electrons. The SMILES string of the molecule is CC1(C)OB([C@@]2(c3ccccc3)c3c(n(Cc4ccccc4)c4ccccc34)C[C@@H]3COC(=O)[C@H]32)OC1(C)C. The molecule has 2 fully saturated rings. The van der Waals surface area contributed by atoms with Gasteiger partial charge in [0.05, 0.1) is 29.0 Å². The van der Waals surface area contributed by atoms with Gasteiger partial charge >= 0.3 is 13.1 Å². The molecule has 3 aromatic carbocycles. The summed E-state index contributed by atoms with van der Waals surface area (Å²) in [7, 11) is -0.668. The number of carbonyl (C=O) groups is 1. The van der Waals surface area contributed by atoms with E-state index in [0.29, 0.717) is 6.61 Å². The van der Waals surface area contributed by atoms with Crippen molar-refractivity contribution in [2.24, 2.45) is 11.8 Å². The molecule has 0 saturated carbocycles. The highest BCUT2D eigenvalue weighted by Crippen LogP contribution is 2.58. The number of hydrogen-bond donors (Lipinski definition) is 0. The summed E-state index contributed by atoms with van der Waals surface area (Å²) in [5.41, 5.74) is 4.69. The first-order valence-electron chi connectivity index (χ1n) is 14.0. The Kier molecular flexibility index (Phi) is 5.43. The lowest BCUT2D eigenvalue weighted by molar-refractivity contribution is -0.142. The molecule has 3 heterocycles. The Hall–Kier alpha value is -3.35. The lowest BCUT2D eigenvalue weighted by Gasteiger charge is -2.45. The summed E-state index contributed by atoms with van der Waals surface area (Å²) < 4.78 is 22.1. The van der Waals surface area contributed by atoms with E-state index in [4.69, 9.17) is 14.0 Å². The first-order valence-corrected chi connectivity index (χ1v) is 14.0. The number of hydrogen-bond acceptors (Lipinski definition) is 4. The van der Waals surface area contributed by atoms with Gasteiger partial charge in [-0.15, -0.1) is 0 Å². The van der Waals surface area contributed by atoms with Crippen LogP contribution in [0.5, 0.6) is 0 Å². The molecular formula is C33H34BNO4. The van der Waals surface area contributed by atoms with Gasteiger partial charge in [0.15, 0.2) is 0 Å². The van der Waals surface area contributed by atoms with Crippen LogP contribution in [0.15, 0.2) is 84.9 Å². The smallest absolute Gasteiger partial charge is 0.465 e. The molecule has 0 bridgehead atoms. The third kappa shape index (κ3) is 3.44. The Morgan fingerprint density at radius 3 is 2.15 bits per heavy atom. The van der Waals surface area contributed by atoms with Gasteiger partial charge in [-0.3, -0.25) is 4.79 Å². The molecule has 0 N–H and O–H groups in total. The van der Waals surface area contributed by atoms with Crippen LogP contribution in [0.25, 0.3) is 10.9 Å². The number of benzene rings is 3. The van der Waals surface area contributed by atoms with E-state index in [1.807, 2.05) is 6.07 Å². The van der Waals surface area contributed by atoms with Gasteiger partial charge in [-0.25, -0.2) is 0 Å². The van der Waals surface area contributed by atoms with Crippen molar-refractivity contribution in [3.63, 3.8) is 0 Å². The maximum Gasteiger partial charge on any atom is 0.474 e. The minimum atomic E-state index is -0.875. The third-order valence-electron chi connectivity index (χ3n) is 9.66. The quantitative estimate of drug-likeness (QED) is 0.247. The summed E-state index contributed by atoms with van der Waals surface area (Å²) in [6.45, 7) is 9.48. The summed E-state index contributed by atoms with van der Waals surface area (Å²) in [5, 5.41) is 0.264. The molecule has 5 nitrogen and oxygen atoms in total. The van der Waals surface area contributed by atoms with E-state index in [0.717, 1.165) is 35.0 Å². The van der Waals surface area contributed by atoms with Crippen LogP contribution in [-0.2, 0) is 37.1 Å². The van der Waals surface area contributed by atoms with Gasteiger partial charge in [-0.05, 0) is 56.9 Å². The van der Waals surface area contributed by atoms with E-state index in [-0.39, 0.29) is 11.9 Å². The van der Waals surface area contributed by atoms with Crippen molar-refractivity contribution >= 4 is 24.0 Å². The second-order valence-corrected chi connectivity index (χ2v) is 12.3. The first kappa shape index (κ1) is 24.7. The van der Waals surface area contributed by atoms with E-state index in [1.54, 1.807) is 0 Å². The summed E-state index contributed by atoms with van der Waals surface area (Å²) in [6, 6.07) is 29.6. The Balaban J connectivity index is 1.58. The number of carbonyl (C=O) groups excluding carboxylic acids is 1. The van der Waals surface area contributed by atoms with Crippen molar-refractivity contribution < 1.29 is 18.8 Å². The van der Waals surface area contributed by atoms with Gasteiger partial charge < -0.3 is 18.6 Å². The molecule has 7 rings (SSSR count). The molecule has 0 unspecified atom stereocenters. The second kappa shape index (κ2) is 8.58. The van der Waals surface area contributed by atoms with Gasteiger partial charge in [0.25, 0.3) is 0 Å². The van der Waals surface area contributed by atoms with Gasteiger partial charge in [0.1, 0.15) is 0 Å². The number of aromatic nitrogens is 1. The third-order valence-corrected chi connectivity index (χ3v) is 9.66. The highest BCUT2D eigenvalue weighted by atomic mass is 16.7. The summed E-state index contributed by atoms with van der Waals surface area (Å²) in [5.74, 6) is -0.565. The average Bonchev–Trinajstić information content (AvgIpc) is 3.53. The van der Waals surface area contributed by atoms with E-state index in [2.05, 4.69) is 111 Å². The molecule has 1 aromatic heterocycles. The van der Waals surface area contributed by atoms with Crippen LogP contribution in [0.4, 0.5) is 0 Å². The Morgan fingerprint density at radius 1 is 0.846 bits per heavy atom.